The normalized spacial score (nSPS) is 24.5. The molecule has 122 valence electrons. The number of benzene rings is 1. The third kappa shape index (κ3) is 3.37. The molecule has 1 heterocycles. The van der Waals surface area contributed by atoms with Gasteiger partial charge in [0.1, 0.15) is 6.54 Å². The molecule has 1 amide bonds. The number of carbonyl (C=O) groups is 2. The first-order valence-electron chi connectivity index (χ1n) is 7.63. The van der Waals surface area contributed by atoms with Gasteiger partial charge in [0.05, 0.1) is 11.3 Å². The number of nitrogens with one attached hydrogen (secondary N) is 1. The van der Waals surface area contributed by atoms with Crippen molar-refractivity contribution in [3.05, 3.63) is 69.5 Å². The van der Waals surface area contributed by atoms with Crippen LogP contribution in [0, 0.1) is 11.8 Å². The second-order valence-electron chi connectivity index (χ2n) is 5.59. The van der Waals surface area contributed by atoms with Gasteiger partial charge < -0.3 is 5.32 Å². The molecule has 0 saturated carbocycles. The Morgan fingerprint density at radius 2 is 2.12 bits per heavy atom. The fourth-order valence-electron chi connectivity index (χ4n) is 3.04. The van der Waals surface area contributed by atoms with Crippen LogP contribution in [-0.4, -0.2) is 23.6 Å². The molecule has 1 fully saturated rings. The van der Waals surface area contributed by atoms with Crippen molar-refractivity contribution in [2.45, 2.75) is 11.8 Å². The van der Waals surface area contributed by atoms with E-state index in [1.54, 1.807) is 12.1 Å². The molecule has 3 atom stereocenters. The quantitative estimate of drug-likeness (QED) is 0.385. The zero-order chi connectivity index (χ0) is 16.9. The highest BCUT2D eigenvalue weighted by atomic mass is 32.2. The lowest BCUT2D eigenvalue weighted by Gasteiger charge is -2.23. The number of hydrogen-bond acceptors (Lipinski definition) is 4. The number of ketones is 1. The summed E-state index contributed by atoms with van der Waals surface area (Å²) in [6.45, 7) is -0.262. The molecule has 24 heavy (non-hydrogen) atoms. The van der Waals surface area contributed by atoms with Gasteiger partial charge in [-0.15, -0.1) is 11.8 Å². The van der Waals surface area contributed by atoms with Gasteiger partial charge >= 0.3 is 0 Å². The van der Waals surface area contributed by atoms with Gasteiger partial charge in [0.25, 0.3) is 0 Å². The van der Waals surface area contributed by atoms with E-state index in [9.17, 15) is 9.59 Å². The van der Waals surface area contributed by atoms with E-state index < -0.39 is 0 Å². The molecule has 2 aliphatic rings. The fourth-order valence-corrected chi connectivity index (χ4v) is 4.56. The van der Waals surface area contributed by atoms with E-state index in [2.05, 4.69) is 15.3 Å². The summed E-state index contributed by atoms with van der Waals surface area (Å²) in [4.78, 5) is 28.6. The summed E-state index contributed by atoms with van der Waals surface area (Å²) in [6.07, 6.45) is 6.81. The van der Waals surface area contributed by atoms with Crippen LogP contribution in [0.1, 0.15) is 16.8 Å². The Morgan fingerprint density at radius 3 is 2.88 bits per heavy atom. The van der Waals surface area contributed by atoms with Gasteiger partial charge in [-0.2, -0.15) is 0 Å². The van der Waals surface area contributed by atoms with Crippen LogP contribution in [0.2, 0.25) is 0 Å². The minimum Gasteiger partial charge on any atom is -0.343 e. The minimum absolute atomic E-state index is 0.0286. The maximum absolute atomic E-state index is 13.0. The zero-order valence-corrected chi connectivity index (χ0v) is 13.6. The Morgan fingerprint density at radius 1 is 1.33 bits per heavy atom. The van der Waals surface area contributed by atoms with Gasteiger partial charge in [-0.3, -0.25) is 9.59 Å². The third-order valence-corrected chi connectivity index (χ3v) is 5.49. The second kappa shape index (κ2) is 7.38. The van der Waals surface area contributed by atoms with Crippen molar-refractivity contribution < 1.29 is 9.59 Å². The van der Waals surface area contributed by atoms with Gasteiger partial charge in [0.15, 0.2) is 5.78 Å². The van der Waals surface area contributed by atoms with Crippen LogP contribution in [-0.2, 0) is 4.79 Å². The van der Waals surface area contributed by atoms with Gasteiger partial charge in [0, 0.05) is 16.4 Å². The number of azide groups is 1. The number of amides is 1. The van der Waals surface area contributed by atoms with E-state index in [-0.39, 0.29) is 35.4 Å². The highest BCUT2D eigenvalue weighted by Crippen LogP contribution is 2.49. The summed E-state index contributed by atoms with van der Waals surface area (Å²) in [6, 6.07) is 9.14. The summed E-state index contributed by atoms with van der Waals surface area (Å²) in [5.74, 6) is -0.592. The highest BCUT2D eigenvalue weighted by molar-refractivity contribution is 8.04. The summed E-state index contributed by atoms with van der Waals surface area (Å²) in [5, 5.41) is 5.77. The predicted molar refractivity (Wildman–Crippen MR) is 93.1 cm³/mol. The molecule has 6 nitrogen and oxygen atoms in total. The van der Waals surface area contributed by atoms with E-state index in [1.807, 2.05) is 36.4 Å². The maximum atomic E-state index is 13.0. The van der Waals surface area contributed by atoms with Crippen LogP contribution in [0.5, 0.6) is 0 Å². The Labute approximate surface area is 143 Å². The topological polar surface area (TPSA) is 94.9 Å². The second-order valence-corrected chi connectivity index (χ2v) is 6.81. The van der Waals surface area contributed by atoms with E-state index in [0.717, 1.165) is 11.3 Å². The first kappa shape index (κ1) is 16.4. The summed E-state index contributed by atoms with van der Waals surface area (Å²) >= 11 is 1.51. The van der Waals surface area contributed by atoms with Crippen LogP contribution < -0.4 is 5.32 Å². The molecule has 1 aliphatic carbocycles. The van der Waals surface area contributed by atoms with Crippen LogP contribution in [0.3, 0.4) is 0 Å². The van der Waals surface area contributed by atoms with Crippen molar-refractivity contribution in [1.29, 1.82) is 0 Å². The molecule has 0 spiro atoms. The molecule has 1 aromatic carbocycles. The molecule has 1 aliphatic heterocycles. The molecular weight excluding hydrogens is 324 g/mol. The Bertz CT molecular complexity index is 753. The molecule has 1 aromatic rings. The Kier molecular flexibility index (Phi) is 5.03. The smallest absolute Gasteiger partial charge is 0.226 e. The van der Waals surface area contributed by atoms with E-state index in [0.29, 0.717) is 5.56 Å². The van der Waals surface area contributed by atoms with E-state index >= 15 is 0 Å². The molecule has 1 N–H and O–H groups in total. The predicted octanol–water partition coefficient (Wildman–Crippen LogP) is 3.44. The standard InChI is InChI=1S/C17H16N4O2S/c18-21-19-10-14(22)20-17-15(12-8-4-5-9-13(12)24-17)16(23)11-6-2-1-3-7-11/h1-7,9,12,15,17H,8,10H2,(H,20,22). The fraction of sp³-hybridized carbons (Fsp3) is 0.294. The van der Waals surface area contributed by atoms with E-state index in [4.69, 9.17) is 5.53 Å². The number of carbonyl (C=O) groups excluding carboxylic acids is 2. The van der Waals surface area contributed by atoms with Crippen LogP contribution in [0.25, 0.3) is 10.4 Å². The number of thioether (sulfide) groups is 1. The number of rotatable bonds is 5. The average Bonchev–Trinajstić information content (AvgIpc) is 2.97. The van der Waals surface area contributed by atoms with Gasteiger partial charge in [-0.1, -0.05) is 53.7 Å². The van der Waals surface area contributed by atoms with E-state index in [1.165, 1.54) is 11.8 Å². The van der Waals surface area contributed by atoms with Gasteiger partial charge in [-0.05, 0) is 16.9 Å². The summed E-state index contributed by atoms with van der Waals surface area (Å²) < 4.78 is 0. The number of Topliss-reactive ketones (excluding diaryl/α,β-unsaturated/α-hetero) is 1. The number of hydrogen-bond donors (Lipinski definition) is 1. The largest absolute Gasteiger partial charge is 0.343 e. The van der Waals surface area contributed by atoms with Crippen LogP contribution in [0.15, 0.2) is 58.6 Å². The SMILES string of the molecule is [N-]=[N+]=NCC(=O)NC1SC2=CC=CCC2C1C(=O)c1ccccc1. The molecule has 3 unspecified atom stereocenters. The van der Waals surface area contributed by atoms with Crippen molar-refractivity contribution in [3.63, 3.8) is 0 Å². The number of fused-ring (bicyclic) bond motifs is 1. The van der Waals surface area contributed by atoms with Crippen molar-refractivity contribution >= 4 is 23.5 Å². The lowest BCUT2D eigenvalue weighted by molar-refractivity contribution is -0.120. The summed E-state index contributed by atoms with van der Waals surface area (Å²) in [5.41, 5.74) is 8.98. The molecule has 0 bridgehead atoms. The number of nitrogens with zero attached hydrogens (tertiary/aromatic N) is 3. The Hall–Kier alpha value is -2.50. The molecule has 0 aromatic heterocycles. The lowest BCUT2D eigenvalue weighted by atomic mass is 9.82. The molecule has 1 saturated heterocycles. The van der Waals surface area contributed by atoms with Crippen LogP contribution in [0.4, 0.5) is 0 Å². The van der Waals surface area contributed by atoms with Crippen molar-refractivity contribution in [1.82, 2.24) is 5.32 Å². The van der Waals surface area contributed by atoms with Crippen molar-refractivity contribution in [2.24, 2.45) is 17.0 Å². The monoisotopic (exact) mass is 340 g/mol. The van der Waals surface area contributed by atoms with Gasteiger partial charge in [0.2, 0.25) is 5.91 Å². The van der Waals surface area contributed by atoms with Crippen molar-refractivity contribution in [2.75, 3.05) is 6.54 Å². The average molecular weight is 340 g/mol. The third-order valence-electron chi connectivity index (χ3n) is 4.12. The maximum Gasteiger partial charge on any atom is 0.226 e. The zero-order valence-electron chi connectivity index (χ0n) is 12.8. The molecule has 3 rings (SSSR count). The lowest BCUT2D eigenvalue weighted by Crippen LogP contribution is -2.41. The first-order valence-corrected chi connectivity index (χ1v) is 8.51. The summed E-state index contributed by atoms with van der Waals surface area (Å²) in [7, 11) is 0. The molecular formula is C17H16N4O2S. The molecule has 0 radical (unpaired) electrons. The molecule has 7 heteroatoms. The number of allylic oxidation sites excluding steroid dienone is 4. The van der Waals surface area contributed by atoms with Crippen LogP contribution >= 0.6 is 11.8 Å². The minimum atomic E-state index is -0.372. The van der Waals surface area contributed by atoms with Crippen molar-refractivity contribution in [3.8, 4) is 0 Å². The first-order chi connectivity index (χ1) is 11.7. The van der Waals surface area contributed by atoms with Gasteiger partial charge in [-0.25, -0.2) is 0 Å². The highest BCUT2D eigenvalue weighted by Gasteiger charge is 2.45. The Balaban J connectivity index is 1.84.